The molecule has 0 saturated carbocycles. The van der Waals surface area contributed by atoms with Gasteiger partial charge in [-0.1, -0.05) is 26.7 Å². The van der Waals surface area contributed by atoms with Crippen molar-refractivity contribution >= 4 is 23.5 Å². The van der Waals surface area contributed by atoms with Gasteiger partial charge in [0.25, 0.3) is 0 Å². The van der Waals surface area contributed by atoms with Gasteiger partial charge in [0.2, 0.25) is 0 Å². The van der Waals surface area contributed by atoms with Crippen LogP contribution in [0, 0.1) is 0 Å². The van der Waals surface area contributed by atoms with Crippen molar-refractivity contribution in [2.45, 2.75) is 56.2 Å². The molecule has 0 unspecified atom stereocenters. The van der Waals surface area contributed by atoms with Crippen LogP contribution in [0.4, 0.5) is 0 Å². The summed E-state index contributed by atoms with van der Waals surface area (Å²) in [4.78, 5) is 2.80. The Labute approximate surface area is 126 Å². The van der Waals surface area contributed by atoms with Crippen molar-refractivity contribution in [3.63, 3.8) is 0 Å². The molecule has 0 aliphatic heterocycles. The first-order chi connectivity index (χ1) is 9.31. The van der Waals surface area contributed by atoms with E-state index in [1.165, 1.54) is 47.0 Å². The van der Waals surface area contributed by atoms with Crippen molar-refractivity contribution < 1.29 is 4.74 Å². The van der Waals surface area contributed by atoms with Gasteiger partial charge in [-0.2, -0.15) is 0 Å². The second kappa shape index (κ2) is 10.5. The lowest BCUT2D eigenvalue weighted by molar-refractivity contribution is 0.339. The van der Waals surface area contributed by atoms with Crippen molar-refractivity contribution in [1.82, 2.24) is 0 Å². The molecule has 0 spiro atoms. The minimum atomic E-state index is 0.737. The second-order valence-electron chi connectivity index (χ2n) is 4.45. The standard InChI is InChI=1S/C16H26OS2/c1-4-7-11-18-15-10-9-14(17-6-3)13-16(15)19-12-8-5-2/h9-10,13H,4-8,11-12H2,1-3H3. The first kappa shape index (κ1) is 16.8. The molecular formula is C16H26OS2. The molecule has 0 amide bonds. The zero-order valence-corrected chi connectivity index (χ0v) is 14.0. The third-order valence-electron chi connectivity index (χ3n) is 2.74. The van der Waals surface area contributed by atoms with Gasteiger partial charge >= 0.3 is 0 Å². The molecule has 0 aromatic heterocycles. The lowest BCUT2D eigenvalue weighted by Gasteiger charge is -2.11. The van der Waals surface area contributed by atoms with Crippen LogP contribution in [-0.4, -0.2) is 18.1 Å². The molecule has 1 rings (SSSR count). The Morgan fingerprint density at radius 1 is 0.895 bits per heavy atom. The fourth-order valence-corrected chi connectivity index (χ4v) is 4.06. The zero-order chi connectivity index (χ0) is 13.9. The minimum Gasteiger partial charge on any atom is -0.494 e. The summed E-state index contributed by atoms with van der Waals surface area (Å²) in [6, 6.07) is 6.53. The van der Waals surface area contributed by atoms with Crippen LogP contribution in [0.3, 0.4) is 0 Å². The molecule has 0 saturated heterocycles. The van der Waals surface area contributed by atoms with E-state index in [1.807, 2.05) is 30.4 Å². The van der Waals surface area contributed by atoms with E-state index in [9.17, 15) is 0 Å². The van der Waals surface area contributed by atoms with E-state index < -0.39 is 0 Å². The summed E-state index contributed by atoms with van der Waals surface area (Å²) >= 11 is 3.95. The van der Waals surface area contributed by atoms with E-state index >= 15 is 0 Å². The lowest BCUT2D eigenvalue weighted by Crippen LogP contribution is -1.92. The normalized spacial score (nSPS) is 10.7. The van der Waals surface area contributed by atoms with Gasteiger partial charge in [-0.3, -0.25) is 0 Å². The monoisotopic (exact) mass is 298 g/mol. The largest absolute Gasteiger partial charge is 0.494 e. The van der Waals surface area contributed by atoms with Crippen LogP contribution in [0.15, 0.2) is 28.0 Å². The SMILES string of the molecule is CCCCSc1ccc(OCC)cc1SCCCC. The molecule has 1 nitrogen and oxygen atoms in total. The van der Waals surface area contributed by atoms with Crippen LogP contribution in [0.25, 0.3) is 0 Å². The van der Waals surface area contributed by atoms with E-state index in [0.717, 1.165) is 12.4 Å². The van der Waals surface area contributed by atoms with Crippen molar-refractivity contribution in [2.24, 2.45) is 0 Å². The van der Waals surface area contributed by atoms with Crippen LogP contribution in [0.1, 0.15) is 46.5 Å². The van der Waals surface area contributed by atoms with E-state index in [4.69, 9.17) is 4.74 Å². The van der Waals surface area contributed by atoms with Gasteiger partial charge in [0.15, 0.2) is 0 Å². The number of rotatable bonds is 10. The van der Waals surface area contributed by atoms with Gasteiger partial charge in [-0.05, 0) is 49.5 Å². The predicted octanol–water partition coefficient (Wildman–Crippen LogP) is 5.87. The minimum absolute atomic E-state index is 0.737. The molecule has 0 aliphatic carbocycles. The van der Waals surface area contributed by atoms with Crippen molar-refractivity contribution in [2.75, 3.05) is 18.1 Å². The Morgan fingerprint density at radius 2 is 1.53 bits per heavy atom. The summed E-state index contributed by atoms with van der Waals surface area (Å²) in [5.41, 5.74) is 0. The molecule has 3 heteroatoms. The predicted molar refractivity (Wildman–Crippen MR) is 88.9 cm³/mol. The molecule has 0 radical (unpaired) electrons. The molecule has 0 atom stereocenters. The summed E-state index contributed by atoms with van der Waals surface area (Å²) in [5.74, 6) is 3.42. The summed E-state index contributed by atoms with van der Waals surface area (Å²) in [6.07, 6.45) is 5.10. The Kier molecular flexibility index (Phi) is 9.27. The van der Waals surface area contributed by atoms with E-state index in [1.54, 1.807) is 0 Å². The average Bonchev–Trinajstić information content (AvgIpc) is 2.42. The van der Waals surface area contributed by atoms with E-state index in [-0.39, 0.29) is 0 Å². The van der Waals surface area contributed by atoms with Crippen LogP contribution < -0.4 is 4.74 Å². The van der Waals surface area contributed by atoms with Gasteiger partial charge in [-0.25, -0.2) is 0 Å². The highest BCUT2D eigenvalue weighted by atomic mass is 32.2. The lowest BCUT2D eigenvalue weighted by atomic mass is 10.3. The maximum atomic E-state index is 5.61. The molecule has 1 aromatic rings. The number of ether oxygens (including phenoxy) is 1. The highest BCUT2D eigenvalue weighted by Crippen LogP contribution is 2.34. The van der Waals surface area contributed by atoms with Crippen LogP contribution in [-0.2, 0) is 0 Å². The van der Waals surface area contributed by atoms with Gasteiger partial charge in [0.1, 0.15) is 5.75 Å². The maximum Gasteiger partial charge on any atom is 0.120 e. The smallest absolute Gasteiger partial charge is 0.120 e. The molecule has 0 bridgehead atoms. The first-order valence-electron chi connectivity index (χ1n) is 7.34. The summed E-state index contributed by atoms with van der Waals surface area (Å²) in [5, 5.41) is 0. The highest BCUT2D eigenvalue weighted by molar-refractivity contribution is 8.02. The molecule has 0 aliphatic rings. The van der Waals surface area contributed by atoms with E-state index in [0.29, 0.717) is 0 Å². The molecule has 0 N–H and O–H groups in total. The molecular weight excluding hydrogens is 272 g/mol. The molecule has 0 fully saturated rings. The van der Waals surface area contributed by atoms with Gasteiger partial charge in [0.05, 0.1) is 6.61 Å². The Bertz CT molecular complexity index is 353. The van der Waals surface area contributed by atoms with Gasteiger partial charge in [-0.15, -0.1) is 23.5 Å². The first-order valence-corrected chi connectivity index (χ1v) is 9.31. The Balaban J connectivity index is 2.69. The van der Waals surface area contributed by atoms with Gasteiger partial charge < -0.3 is 4.74 Å². The number of unbranched alkanes of at least 4 members (excludes halogenated alkanes) is 2. The molecule has 19 heavy (non-hydrogen) atoms. The van der Waals surface area contributed by atoms with Crippen LogP contribution in [0.5, 0.6) is 5.75 Å². The second-order valence-corrected chi connectivity index (χ2v) is 6.72. The topological polar surface area (TPSA) is 9.23 Å². The molecule has 0 heterocycles. The molecule has 108 valence electrons. The zero-order valence-electron chi connectivity index (χ0n) is 12.4. The summed E-state index contributed by atoms with van der Waals surface area (Å²) < 4.78 is 5.61. The number of thioether (sulfide) groups is 2. The van der Waals surface area contributed by atoms with Crippen molar-refractivity contribution in [1.29, 1.82) is 0 Å². The third kappa shape index (κ3) is 6.62. The van der Waals surface area contributed by atoms with Crippen LogP contribution in [0.2, 0.25) is 0 Å². The summed E-state index contributed by atoms with van der Waals surface area (Å²) in [6.45, 7) is 7.26. The average molecular weight is 299 g/mol. The molecule has 1 aromatic carbocycles. The van der Waals surface area contributed by atoms with Crippen molar-refractivity contribution in [3.8, 4) is 5.75 Å². The highest BCUT2D eigenvalue weighted by Gasteiger charge is 2.06. The van der Waals surface area contributed by atoms with Crippen molar-refractivity contribution in [3.05, 3.63) is 18.2 Å². The maximum absolute atomic E-state index is 5.61. The number of hydrogen-bond acceptors (Lipinski definition) is 3. The Morgan fingerprint density at radius 3 is 2.11 bits per heavy atom. The quantitative estimate of drug-likeness (QED) is 0.395. The third-order valence-corrected chi connectivity index (χ3v) is 5.17. The fraction of sp³-hybridized carbons (Fsp3) is 0.625. The van der Waals surface area contributed by atoms with Gasteiger partial charge in [0, 0.05) is 9.79 Å². The number of hydrogen-bond donors (Lipinski definition) is 0. The van der Waals surface area contributed by atoms with Crippen LogP contribution >= 0.6 is 23.5 Å². The number of benzene rings is 1. The Hall–Kier alpha value is -0.280. The summed E-state index contributed by atoms with van der Waals surface area (Å²) in [7, 11) is 0. The fourth-order valence-electron chi connectivity index (χ4n) is 1.63. The van der Waals surface area contributed by atoms with E-state index in [2.05, 4.69) is 32.0 Å².